The lowest BCUT2D eigenvalue weighted by Crippen LogP contribution is -2.25. The summed E-state index contributed by atoms with van der Waals surface area (Å²) in [5, 5.41) is 13.1. The number of aromatic nitrogens is 2. The zero-order valence-corrected chi connectivity index (χ0v) is 15.2. The molecule has 2 amide bonds. The number of nitrogens with zero attached hydrogens (tertiary/aromatic N) is 1. The highest BCUT2D eigenvalue weighted by Crippen LogP contribution is 2.13. The molecule has 2 aromatic rings. The molecule has 0 saturated heterocycles. The molecule has 2 rings (SSSR count). The van der Waals surface area contributed by atoms with Gasteiger partial charge in [0.1, 0.15) is 5.69 Å². The van der Waals surface area contributed by atoms with Crippen LogP contribution in [0.25, 0.3) is 0 Å². The van der Waals surface area contributed by atoms with Gasteiger partial charge in [0.25, 0.3) is 5.91 Å². The van der Waals surface area contributed by atoms with E-state index >= 15 is 0 Å². The summed E-state index contributed by atoms with van der Waals surface area (Å²) in [5.74, 6) is 0.162. The van der Waals surface area contributed by atoms with Gasteiger partial charge in [-0.25, -0.2) is 0 Å². The lowest BCUT2D eigenvalue weighted by molar-refractivity contribution is -0.116. The Morgan fingerprint density at radius 2 is 1.96 bits per heavy atom. The van der Waals surface area contributed by atoms with Crippen molar-refractivity contribution in [1.29, 1.82) is 0 Å². The van der Waals surface area contributed by atoms with Crippen molar-refractivity contribution in [3.05, 3.63) is 46.7 Å². The van der Waals surface area contributed by atoms with Gasteiger partial charge in [-0.15, -0.1) is 0 Å². The van der Waals surface area contributed by atoms with Gasteiger partial charge in [-0.1, -0.05) is 25.4 Å². The number of nitrogens with one attached hydrogen (secondary N) is 3. The molecule has 25 heavy (non-hydrogen) atoms. The first-order chi connectivity index (χ1) is 11.9. The van der Waals surface area contributed by atoms with Crippen molar-refractivity contribution < 1.29 is 9.59 Å². The molecule has 7 heteroatoms. The predicted octanol–water partition coefficient (Wildman–Crippen LogP) is 3.41. The molecule has 0 spiro atoms. The summed E-state index contributed by atoms with van der Waals surface area (Å²) in [4.78, 5) is 23.8. The third-order valence-electron chi connectivity index (χ3n) is 3.49. The zero-order chi connectivity index (χ0) is 18.2. The van der Waals surface area contributed by atoms with Crippen molar-refractivity contribution in [1.82, 2.24) is 15.5 Å². The van der Waals surface area contributed by atoms with Crippen molar-refractivity contribution in [2.45, 2.75) is 33.1 Å². The maximum Gasteiger partial charge on any atom is 0.271 e. The summed E-state index contributed by atoms with van der Waals surface area (Å²) in [6, 6.07) is 8.69. The van der Waals surface area contributed by atoms with Gasteiger partial charge in [-0.2, -0.15) is 5.10 Å². The minimum absolute atomic E-state index is 0.101. The first-order valence-corrected chi connectivity index (χ1v) is 8.69. The molecule has 6 nitrogen and oxygen atoms in total. The third-order valence-corrected chi connectivity index (χ3v) is 3.74. The first-order valence-electron chi connectivity index (χ1n) is 8.32. The second-order valence-electron chi connectivity index (χ2n) is 6.29. The fraction of sp³-hybridized carbons (Fsp3) is 0.389. The number of aromatic amines is 1. The Kier molecular flexibility index (Phi) is 7.01. The number of amides is 2. The molecule has 0 fully saturated rings. The number of rotatable bonds is 8. The van der Waals surface area contributed by atoms with Gasteiger partial charge < -0.3 is 10.6 Å². The lowest BCUT2D eigenvalue weighted by Gasteiger charge is -2.06. The topological polar surface area (TPSA) is 86.9 Å². The standard InChI is InChI=1S/C18H23ClN4O2/c1-12(2)10-15-11-16(23-22-15)18(25)20-9-3-4-17(24)21-14-7-5-13(19)6-8-14/h5-8,11-12H,3-4,9-10H2,1-2H3,(H,20,25)(H,21,24)(H,22,23). The van der Waals surface area contributed by atoms with E-state index in [9.17, 15) is 9.59 Å². The molecule has 3 N–H and O–H groups in total. The van der Waals surface area contributed by atoms with Crippen molar-refractivity contribution in [3.63, 3.8) is 0 Å². The van der Waals surface area contributed by atoms with Gasteiger partial charge in [0.2, 0.25) is 5.91 Å². The molecule has 0 aliphatic heterocycles. The molecule has 0 aliphatic rings. The Labute approximate surface area is 152 Å². The SMILES string of the molecule is CC(C)Cc1cc(C(=O)NCCCC(=O)Nc2ccc(Cl)cc2)n[nH]1. The van der Waals surface area contributed by atoms with E-state index in [1.807, 2.05) is 0 Å². The minimum Gasteiger partial charge on any atom is -0.351 e. The molecule has 0 unspecified atom stereocenters. The molecular formula is C18H23ClN4O2. The van der Waals surface area contributed by atoms with Crippen LogP contribution in [0.3, 0.4) is 0 Å². The monoisotopic (exact) mass is 362 g/mol. The average Bonchev–Trinajstić information content (AvgIpc) is 3.01. The molecule has 0 saturated carbocycles. The summed E-state index contributed by atoms with van der Waals surface area (Å²) < 4.78 is 0. The maximum absolute atomic E-state index is 12.0. The van der Waals surface area contributed by atoms with Gasteiger partial charge in [-0.05, 0) is 49.1 Å². The van der Waals surface area contributed by atoms with E-state index in [0.29, 0.717) is 41.7 Å². The fourth-order valence-corrected chi connectivity index (χ4v) is 2.45. The lowest BCUT2D eigenvalue weighted by atomic mass is 10.1. The Hall–Kier alpha value is -2.34. The van der Waals surface area contributed by atoms with Crippen LogP contribution in [-0.2, 0) is 11.2 Å². The van der Waals surface area contributed by atoms with E-state index in [1.54, 1.807) is 30.3 Å². The summed E-state index contributed by atoms with van der Waals surface area (Å²) in [6.45, 7) is 4.63. The second kappa shape index (κ2) is 9.22. The van der Waals surface area contributed by atoms with Crippen LogP contribution in [0.1, 0.15) is 42.9 Å². The van der Waals surface area contributed by atoms with Crippen LogP contribution in [0, 0.1) is 5.92 Å². The van der Waals surface area contributed by atoms with E-state index in [0.717, 1.165) is 12.1 Å². The van der Waals surface area contributed by atoms with Gasteiger partial charge in [0.05, 0.1) is 0 Å². The number of carbonyl (C=O) groups is 2. The van der Waals surface area contributed by atoms with Crippen molar-refractivity contribution in [2.24, 2.45) is 5.92 Å². The number of anilines is 1. The molecule has 1 aromatic heterocycles. The number of hydrogen-bond acceptors (Lipinski definition) is 3. The second-order valence-corrected chi connectivity index (χ2v) is 6.73. The summed E-state index contributed by atoms with van der Waals surface area (Å²) in [6.07, 6.45) is 1.72. The Morgan fingerprint density at radius 1 is 1.24 bits per heavy atom. The van der Waals surface area contributed by atoms with Crippen LogP contribution >= 0.6 is 11.6 Å². The highest BCUT2D eigenvalue weighted by molar-refractivity contribution is 6.30. The van der Waals surface area contributed by atoms with E-state index in [-0.39, 0.29) is 11.8 Å². The zero-order valence-electron chi connectivity index (χ0n) is 14.4. The molecule has 0 aliphatic carbocycles. The molecule has 0 bridgehead atoms. The molecule has 0 radical (unpaired) electrons. The number of halogens is 1. The summed E-state index contributed by atoms with van der Waals surface area (Å²) in [7, 11) is 0. The van der Waals surface area contributed by atoms with Gasteiger partial charge >= 0.3 is 0 Å². The van der Waals surface area contributed by atoms with Gasteiger partial charge in [-0.3, -0.25) is 14.7 Å². The molecule has 134 valence electrons. The highest BCUT2D eigenvalue weighted by atomic mass is 35.5. The van der Waals surface area contributed by atoms with E-state index in [2.05, 4.69) is 34.7 Å². The van der Waals surface area contributed by atoms with Crippen molar-refractivity contribution >= 4 is 29.1 Å². The van der Waals surface area contributed by atoms with Crippen LogP contribution in [0.4, 0.5) is 5.69 Å². The molecule has 1 aromatic carbocycles. The highest BCUT2D eigenvalue weighted by Gasteiger charge is 2.11. The van der Waals surface area contributed by atoms with Crippen LogP contribution in [-0.4, -0.2) is 28.6 Å². The predicted molar refractivity (Wildman–Crippen MR) is 98.8 cm³/mol. The summed E-state index contributed by atoms with van der Waals surface area (Å²) >= 11 is 5.80. The van der Waals surface area contributed by atoms with Gasteiger partial charge in [0.15, 0.2) is 0 Å². The molecule has 1 heterocycles. The molecular weight excluding hydrogens is 340 g/mol. The van der Waals surface area contributed by atoms with E-state index in [4.69, 9.17) is 11.6 Å². The smallest absolute Gasteiger partial charge is 0.271 e. The van der Waals surface area contributed by atoms with Crippen LogP contribution < -0.4 is 10.6 Å². The molecule has 0 atom stereocenters. The fourth-order valence-electron chi connectivity index (χ4n) is 2.32. The Morgan fingerprint density at radius 3 is 2.64 bits per heavy atom. The largest absolute Gasteiger partial charge is 0.351 e. The maximum atomic E-state index is 12.0. The van der Waals surface area contributed by atoms with Gasteiger partial charge in [0, 0.05) is 29.4 Å². The minimum atomic E-state index is -0.232. The third kappa shape index (κ3) is 6.58. The number of carbonyl (C=O) groups excluding carboxylic acids is 2. The van der Waals surface area contributed by atoms with E-state index < -0.39 is 0 Å². The van der Waals surface area contributed by atoms with Crippen molar-refractivity contribution in [3.8, 4) is 0 Å². The average molecular weight is 363 g/mol. The van der Waals surface area contributed by atoms with Crippen LogP contribution in [0.5, 0.6) is 0 Å². The van der Waals surface area contributed by atoms with Crippen molar-refractivity contribution in [2.75, 3.05) is 11.9 Å². The number of benzene rings is 1. The number of hydrogen-bond donors (Lipinski definition) is 3. The Balaban J connectivity index is 1.68. The van der Waals surface area contributed by atoms with E-state index in [1.165, 1.54) is 0 Å². The van der Waals surface area contributed by atoms with Crippen LogP contribution in [0.2, 0.25) is 5.02 Å². The quantitative estimate of drug-likeness (QED) is 0.629. The van der Waals surface area contributed by atoms with Crippen LogP contribution in [0.15, 0.2) is 30.3 Å². The number of H-pyrrole nitrogens is 1. The Bertz CT molecular complexity index is 710. The summed E-state index contributed by atoms with van der Waals surface area (Å²) in [5.41, 5.74) is 2.02. The first kappa shape index (κ1) is 19.0. The normalized spacial score (nSPS) is 10.7.